The van der Waals surface area contributed by atoms with Gasteiger partial charge in [-0.25, -0.2) is 0 Å². The molecule has 0 aromatic carbocycles. The highest BCUT2D eigenvalue weighted by Gasteiger charge is 2.40. The van der Waals surface area contributed by atoms with Gasteiger partial charge in [0.15, 0.2) is 0 Å². The molecule has 0 aromatic heterocycles. The highest BCUT2D eigenvalue weighted by Crippen LogP contribution is 2.25. The lowest BCUT2D eigenvalue weighted by Gasteiger charge is -2.51. The van der Waals surface area contributed by atoms with Crippen molar-refractivity contribution >= 4 is 0 Å². The SMILES string of the molecule is NNC(C1CCOC1)C1CN2CCN1CC2. The van der Waals surface area contributed by atoms with Crippen molar-refractivity contribution in [2.75, 3.05) is 45.9 Å². The topological polar surface area (TPSA) is 53.8 Å². The van der Waals surface area contributed by atoms with Gasteiger partial charge in [0.25, 0.3) is 0 Å². The number of rotatable bonds is 3. The number of hydrogen-bond donors (Lipinski definition) is 2. The smallest absolute Gasteiger partial charge is 0.0511 e. The summed E-state index contributed by atoms with van der Waals surface area (Å²) in [6.45, 7) is 7.82. The molecule has 0 amide bonds. The van der Waals surface area contributed by atoms with Gasteiger partial charge >= 0.3 is 0 Å². The Kier molecular flexibility index (Phi) is 3.13. The number of hydrogen-bond acceptors (Lipinski definition) is 5. The number of nitrogens with one attached hydrogen (secondary N) is 1. The zero-order valence-corrected chi connectivity index (χ0v) is 9.77. The molecule has 0 aliphatic carbocycles. The maximum absolute atomic E-state index is 5.76. The van der Waals surface area contributed by atoms with Crippen LogP contribution in [0.25, 0.3) is 0 Å². The molecule has 4 saturated heterocycles. The molecule has 3 N–H and O–H groups in total. The van der Waals surface area contributed by atoms with E-state index in [0.717, 1.165) is 19.6 Å². The maximum atomic E-state index is 5.76. The number of hydrazine groups is 1. The molecule has 0 aromatic rings. The molecule has 3 unspecified atom stereocenters. The molecular formula is C11H22N4O. The minimum Gasteiger partial charge on any atom is -0.381 e. The van der Waals surface area contributed by atoms with Crippen molar-refractivity contribution in [1.29, 1.82) is 0 Å². The summed E-state index contributed by atoms with van der Waals surface area (Å²) < 4.78 is 5.48. The van der Waals surface area contributed by atoms with Crippen LogP contribution in [0, 0.1) is 5.92 Å². The van der Waals surface area contributed by atoms with E-state index in [0.29, 0.717) is 18.0 Å². The van der Waals surface area contributed by atoms with Crippen molar-refractivity contribution in [3.63, 3.8) is 0 Å². The van der Waals surface area contributed by atoms with E-state index in [4.69, 9.17) is 10.6 Å². The standard InChI is InChI=1S/C11H22N4O/c12-13-11(9-1-6-16-8-9)10-7-14-2-4-15(10)5-3-14/h9-11,13H,1-8,12H2. The fraction of sp³-hybridized carbons (Fsp3) is 1.00. The number of piperazine rings is 3. The fourth-order valence-electron chi connectivity index (χ4n) is 3.40. The molecule has 4 fully saturated rings. The summed E-state index contributed by atoms with van der Waals surface area (Å²) >= 11 is 0. The zero-order valence-electron chi connectivity index (χ0n) is 9.77. The van der Waals surface area contributed by atoms with Crippen LogP contribution in [0.3, 0.4) is 0 Å². The van der Waals surface area contributed by atoms with Gasteiger partial charge < -0.3 is 4.74 Å². The normalized spacial score (nSPS) is 44.8. The van der Waals surface area contributed by atoms with Crippen molar-refractivity contribution in [2.45, 2.75) is 18.5 Å². The van der Waals surface area contributed by atoms with E-state index in [1.807, 2.05) is 0 Å². The minimum atomic E-state index is 0.394. The highest BCUT2D eigenvalue weighted by atomic mass is 16.5. The maximum Gasteiger partial charge on any atom is 0.0511 e. The molecule has 5 heteroatoms. The summed E-state index contributed by atoms with van der Waals surface area (Å²) in [5.41, 5.74) is 3.05. The van der Waals surface area contributed by atoms with E-state index in [1.54, 1.807) is 0 Å². The Bertz CT molecular complexity index is 234. The van der Waals surface area contributed by atoms with Crippen molar-refractivity contribution in [3.8, 4) is 0 Å². The zero-order chi connectivity index (χ0) is 11.0. The van der Waals surface area contributed by atoms with E-state index >= 15 is 0 Å². The van der Waals surface area contributed by atoms with Crippen LogP contribution < -0.4 is 11.3 Å². The van der Waals surface area contributed by atoms with Crippen LogP contribution in [0.4, 0.5) is 0 Å². The Balaban J connectivity index is 1.69. The van der Waals surface area contributed by atoms with Gasteiger partial charge in [-0.1, -0.05) is 0 Å². The van der Waals surface area contributed by atoms with Crippen LogP contribution in [0.5, 0.6) is 0 Å². The second-order valence-corrected chi connectivity index (χ2v) is 5.22. The molecule has 0 radical (unpaired) electrons. The lowest BCUT2D eigenvalue weighted by Crippen LogP contribution is -2.68. The largest absolute Gasteiger partial charge is 0.381 e. The Hall–Kier alpha value is -0.200. The molecule has 2 bridgehead atoms. The third kappa shape index (κ3) is 1.87. The van der Waals surface area contributed by atoms with Crippen molar-refractivity contribution in [2.24, 2.45) is 11.8 Å². The number of ether oxygens (including phenoxy) is 1. The molecule has 4 rings (SSSR count). The van der Waals surface area contributed by atoms with Crippen molar-refractivity contribution < 1.29 is 4.74 Å². The monoisotopic (exact) mass is 226 g/mol. The van der Waals surface area contributed by atoms with Crippen molar-refractivity contribution in [3.05, 3.63) is 0 Å². The Morgan fingerprint density at radius 1 is 1.25 bits per heavy atom. The molecule has 92 valence electrons. The van der Waals surface area contributed by atoms with Crippen LogP contribution in [-0.2, 0) is 4.74 Å². The first kappa shape index (κ1) is 10.9. The average Bonchev–Trinajstić information content (AvgIpc) is 2.85. The first-order chi connectivity index (χ1) is 7.88. The van der Waals surface area contributed by atoms with Crippen LogP contribution in [0.2, 0.25) is 0 Å². The van der Waals surface area contributed by atoms with Gasteiger partial charge in [0, 0.05) is 57.3 Å². The Morgan fingerprint density at radius 3 is 2.56 bits per heavy atom. The van der Waals surface area contributed by atoms with Gasteiger partial charge in [0.05, 0.1) is 6.61 Å². The summed E-state index contributed by atoms with van der Waals surface area (Å²) in [6.07, 6.45) is 1.15. The molecular weight excluding hydrogens is 204 g/mol. The van der Waals surface area contributed by atoms with Crippen LogP contribution in [0.1, 0.15) is 6.42 Å². The molecule has 4 aliphatic rings. The lowest BCUT2D eigenvalue weighted by atomic mass is 9.89. The quantitative estimate of drug-likeness (QED) is 0.470. The highest BCUT2D eigenvalue weighted by molar-refractivity contribution is 4.97. The van der Waals surface area contributed by atoms with Gasteiger partial charge in [-0.2, -0.15) is 0 Å². The van der Waals surface area contributed by atoms with Crippen LogP contribution >= 0.6 is 0 Å². The number of nitrogens with zero attached hydrogens (tertiary/aromatic N) is 2. The second-order valence-electron chi connectivity index (χ2n) is 5.22. The predicted octanol–water partition coefficient (Wildman–Crippen LogP) is -1.15. The van der Waals surface area contributed by atoms with Gasteiger partial charge in [-0.15, -0.1) is 0 Å². The first-order valence-corrected chi connectivity index (χ1v) is 6.39. The summed E-state index contributed by atoms with van der Waals surface area (Å²) in [4.78, 5) is 5.16. The van der Waals surface area contributed by atoms with Gasteiger partial charge in [-0.3, -0.25) is 21.1 Å². The third-order valence-electron chi connectivity index (χ3n) is 4.40. The molecule has 4 heterocycles. The van der Waals surface area contributed by atoms with E-state index < -0.39 is 0 Å². The van der Waals surface area contributed by atoms with Gasteiger partial charge in [0.2, 0.25) is 0 Å². The molecule has 5 nitrogen and oxygen atoms in total. The Morgan fingerprint density at radius 2 is 2.06 bits per heavy atom. The Labute approximate surface area is 96.9 Å². The van der Waals surface area contributed by atoms with E-state index in [1.165, 1.54) is 32.7 Å². The minimum absolute atomic E-state index is 0.394. The third-order valence-corrected chi connectivity index (χ3v) is 4.40. The summed E-state index contributed by atoms with van der Waals surface area (Å²) in [6, 6.07) is 0.977. The summed E-state index contributed by atoms with van der Waals surface area (Å²) in [5, 5.41) is 0. The van der Waals surface area contributed by atoms with Gasteiger partial charge in [0.1, 0.15) is 0 Å². The lowest BCUT2D eigenvalue weighted by molar-refractivity contribution is -0.0140. The predicted molar refractivity (Wildman–Crippen MR) is 61.8 cm³/mol. The molecule has 4 aliphatic heterocycles. The number of fused-ring (bicyclic) bond motifs is 3. The second kappa shape index (κ2) is 4.58. The summed E-state index contributed by atoms with van der Waals surface area (Å²) in [5.74, 6) is 6.36. The fourth-order valence-corrected chi connectivity index (χ4v) is 3.40. The van der Waals surface area contributed by atoms with Gasteiger partial charge in [-0.05, 0) is 6.42 Å². The average molecular weight is 226 g/mol. The van der Waals surface area contributed by atoms with E-state index in [-0.39, 0.29) is 0 Å². The molecule has 16 heavy (non-hydrogen) atoms. The molecule has 0 spiro atoms. The molecule has 3 atom stereocenters. The van der Waals surface area contributed by atoms with Crippen LogP contribution in [0.15, 0.2) is 0 Å². The first-order valence-electron chi connectivity index (χ1n) is 6.39. The summed E-state index contributed by atoms with van der Waals surface area (Å²) in [7, 11) is 0. The van der Waals surface area contributed by atoms with Crippen LogP contribution in [-0.4, -0.2) is 67.8 Å². The van der Waals surface area contributed by atoms with E-state index in [9.17, 15) is 0 Å². The van der Waals surface area contributed by atoms with Crippen molar-refractivity contribution in [1.82, 2.24) is 15.2 Å². The number of nitrogens with two attached hydrogens (primary N) is 1. The van der Waals surface area contributed by atoms with E-state index in [2.05, 4.69) is 15.2 Å². The molecule has 0 saturated carbocycles.